The van der Waals surface area contributed by atoms with E-state index in [9.17, 15) is 4.79 Å². The fourth-order valence-electron chi connectivity index (χ4n) is 3.91. The Labute approximate surface area is 149 Å². The zero-order chi connectivity index (χ0) is 17.1. The molecule has 0 saturated carbocycles. The standard InChI is InChI=1S/C22H24N2O/c25-22(20-12-3-4-13-21(20)24-14-5-6-15-24)23-19-11-7-10-17-8-1-2-9-18(17)16-19/h1-6,8-9,12-13,19H,7,10-11,14-16H2,(H,23,25). The van der Waals surface area contributed by atoms with Crippen molar-refractivity contribution >= 4 is 11.6 Å². The van der Waals surface area contributed by atoms with Crippen LogP contribution in [-0.4, -0.2) is 25.0 Å². The molecule has 0 radical (unpaired) electrons. The third-order valence-corrected chi connectivity index (χ3v) is 5.23. The number of hydrogen-bond acceptors (Lipinski definition) is 2. The smallest absolute Gasteiger partial charge is 0.253 e. The Balaban J connectivity index is 1.51. The molecular weight excluding hydrogens is 308 g/mol. The third-order valence-electron chi connectivity index (χ3n) is 5.23. The molecule has 2 aromatic rings. The molecule has 1 N–H and O–H groups in total. The number of carbonyl (C=O) groups excluding carboxylic acids is 1. The van der Waals surface area contributed by atoms with Crippen LogP contribution < -0.4 is 10.2 Å². The van der Waals surface area contributed by atoms with E-state index >= 15 is 0 Å². The van der Waals surface area contributed by atoms with Crippen LogP contribution in [0.4, 0.5) is 5.69 Å². The summed E-state index contributed by atoms with van der Waals surface area (Å²) in [7, 11) is 0. The summed E-state index contributed by atoms with van der Waals surface area (Å²) < 4.78 is 0. The van der Waals surface area contributed by atoms with Gasteiger partial charge in [0.1, 0.15) is 0 Å². The van der Waals surface area contributed by atoms with Crippen molar-refractivity contribution in [3.63, 3.8) is 0 Å². The first-order valence-electron chi connectivity index (χ1n) is 9.18. The quantitative estimate of drug-likeness (QED) is 0.686. The topological polar surface area (TPSA) is 32.3 Å². The van der Waals surface area contributed by atoms with Gasteiger partial charge in [0, 0.05) is 19.1 Å². The molecule has 1 aliphatic heterocycles. The summed E-state index contributed by atoms with van der Waals surface area (Å²) in [6.07, 6.45) is 8.50. The number of carbonyl (C=O) groups is 1. The maximum absolute atomic E-state index is 13.0. The minimum Gasteiger partial charge on any atom is -0.363 e. The number of benzene rings is 2. The lowest BCUT2D eigenvalue weighted by Crippen LogP contribution is -2.37. The molecule has 1 heterocycles. The van der Waals surface area contributed by atoms with Gasteiger partial charge in [0.05, 0.1) is 11.3 Å². The molecule has 25 heavy (non-hydrogen) atoms. The number of nitrogens with zero attached hydrogens (tertiary/aromatic N) is 1. The van der Waals surface area contributed by atoms with Crippen LogP contribution in [0.5, 0.6) is 0 Å². The first-order chi connectivity index (χ1) is 12.3. The molecular formula is C22H24N2O. The van der Waals surface area contributed by atoms with Crippen LogP contribution >= 0.6 is 0 Å². The monoisotopic (exact) mass is 332 g/mol. The van der Waals surface area contributed by atoms with Crippen LogP contribution in [0.3, 0.4) is 0 Å². The van der Waals surface area contributed by atoms with Crippen molar-refractivity contribution < 1.29 is 4.79 Å². The Morgan fingerprint density at radius 1 is 0.960 bits per heavy atom. The van der Waals surface area contributed by atoms with Gasteiger partial charge in [0.25, 0.3) is 5.91 Å². The normalized spacial score (nSPS) is 19.4. The number of anilines is 1. The number of fused-ring (bicyclic) bond motifs is 1. The molecule has 3 nitrogen and oxygen atoms in total. The van der Waals surface area contributed by atoms with Crippen molar-refractivity contribution in [2.75, 3.05) is 18.0 Å². The average molecular weight is 332 g/mol. The van der Waals surface area contributed by atoms with Gasteiger partial charge >= 0.3 is 0 Å². The van der Waals surface area contributed by atoms with E-state index < -0.39 is 0 Å². The van der Waals surface area contributed by atoms with Crippen molar-refractivity contribution in [3.8, 4) is 0 Å². The summed E-state index contributed by atoms with van der Waals surface area (Å²) in [5.74, 6) is 0.0480. The molecule has 1 amide bonds. The number of hydrogen-bond donors (Lipinski definition) is 1. The summed E-state index contributed by atoms with van der Waals surface area (Å²) in [6.45, 7) is 1.75. The van der Waals surface area contributed by atoms with E-state index in [1.165, 1.54) is 11.1 Å². The second-order valence-corrected chi connectivity index (χ2v) is 6.93. The lowest BCUT2D eigenvalue weighted by molar-refractivity contribution is 0.0935. The lowest BCUT2D eigenvalue weighted by atomic mass is 10.0. The zero-order valence-electron chi connectivity index (χ0n) is 14.4. The Hall–Kier alpha value is -2.55. The highest BCUT2D eigenvalue weighted by Gasteiger charge is 2.21. The summed E-state index contributed by atoms with van der Waals surface area (Å²) in [4.78, 5) is 15.2. The Morgan fingerprint density at radius 3 is 2.52 bits per heavy atom. The van der Waals surface area contributed by atoms with E-state index in [0.717, 1.165) is 50.0 Å². The SMILES string of the molecule is O=C(NC1CCCc2ccccc2C1)c1ccccc1N1CC=CC1. The van der Waals surface area contributed by atoms with E-state index in [1.54, 1.807) is 0 Å². The fourth-order valence-corrected chi connectivity index (χ4v) is 3.91. The first-order valence-corrected chi connectivity index (χ1v) is 9.18. The summed E-state index contributed by atoms with van der Waals surface area (Å²) >= 11 is 0. The Bertz CT molecular complexity index is 788. The number of aryl methyl sites for hydroxylation is 1. The second kappa shape index (κ2) is 7.14. The number of para-hydroxylation sites is 1. The molecule has 0 bridgehead atoms. The van der Waals surface area contributed by atoms with Gasteiger partial charge in [-0.15, -0.1) is 0 Å². The molecule has 1 aliphatic carbocycles. The fraction of sp³-hybridized carbons (Fsp3) is 0.318. The van der Waals surface area contributed by atoms with Crippen LogP contribution in [0.2, 0.25) is 0 Å². The molecule has 2 aromatic carbocycles. The van der Waals surface area contributed by atoms with E-state index in [-0.39, 0.29) is 11.9 Å². The number of rotatable bonds is 3. The molecule has 1 atom stereocenters. The highest BCUT2D eigenvalue weighted by atomic mass is 16.1. The molecule has 0 saturated heterocycles. The highest BCUT2D eigenvalue weighted by Crippen LogP contribution is 2.24. The van der Waals surface area contributed by atoms with Gasteiger partial charge in [-0.25, -0.2) is 0 Å². The van der Waals surface area contributed by atoms with Crippen LogP contribution in [0.25, 0.3) is 0 Å². The van der Waals surface area contributed by atoms with Gasteiger partial charge in [0.15, 0.2) is 0 Å². The Kier molecular flexibility index (Phi) is 4.55. The molecule has 0 spiro atoms. The van der Waals surface area contributed by atoms with Gasteiger partial charge in [-0.05, 0) is 48.9 Å². The molecule has 1 unspecified atom stereocenters. The van der Waals surface area contributed by atoms with Crippen molar-refractivity contribution in [2.45, 2.75) is 31.7 Å². The average Bonchev–Trinajstić information content (AvgIpc) is 3.10. The van der Waals surface area contributed by atoms with Crippen molar-refractivity contribution in [3.05, 3.63) is 77.4 Å². The van der Waals surface area contributed by atoms with E-state index in [1.807, 2.05) is 24.3 Å². The van der Waals surface area contributed by atoms with Crippen molar-refractivity contribution in [2.24, 2.45) is 0 Å². The largest absolute Gasteiger partial charge is 0.363 e. The maximum Gasteiger partial charge on any atom is 0.253 e. The summed E-state index contributed by atoms with van der Waals surface area (Å²) in [5, 5.41) is 3.29. The second-order valence-electron chi connectivity index (χ2n) is 6.93. The van der Waals surface area contributed by atoms with Crippen LogP contribution in [0.15, 0.2) is 60.7 Å². The highest BCUT2D eigenvalue weighted by molar-refractivity contribution is 6.00. The predicted octanol–water partition coefficient (Wildman–Crippen LogP) is 3.74. The molecule has 0 fully saturated rings. The number of nitrogens with one attached hydrogen (secondary N) is 1. The van der Waals surface area contributed by atoms with E-state index in [4.69, 9.17) is 0 Å². The van der Waals surface area contributed by atoms with Gasteiger partial charge < -0.3 is 10.2 Å². The van der Waals surface area contributed by atoms with Crippen molar-refractivity contribution in [1.82, 2.24) is 5.32 Å². The summed E-state index contributed by atoms with van der Waals surface area (Å²) in [6, 6.07) is 16.8. The predicted molar refractivity (Wildman–Crippen MR) is 102 cm³/mol. The van der Waals surface area contributed by atoms with Gasteiger partial charge in [0.2, 0.25) is 0 Å². The molecule has 0 aromatic heterocycles. The minimum absolute atomic E-state index is 0.0480. The third kappa shape index (κ3) is 3.46. The minimum atomic E-state index is 0.0480. The molecule has 4 rings (SSSR count). The van der Waals surface area contributed by atoms with E-state index in [0.29, 0.717) is 0 Å². The number of amides is 1. The zero-order valence-corrected chi connectivity index (χ0v) is 14.4. The molecule has 128 valence electrons. The summed E-state index contributed by atoms with van der Waals surface area (Å²) in [5.41, 5.74) is 4.62. The van der Waals surface area contributed by atoms with Crippen LogP contribution in [0, 0.1) is 0 Å². The van der Waals surface area contributed by atoms with Crippen molar-refractivity contribution in [1.29, 1.82) is 0 Å². The maximum atomic E-state index is 13.0. The lowest BCUT2D eigenvalue weighted by Gasteiger charge is -2.23. The molecule has 3 heteroatoms. The van der Waals surface area contributed by atoms with Gasteiger partial charge in [-0.3, -0.25) is 4.79 Å². The Morgan fingerprint density at radius 2 is 1.68 bits per heavy atom. The molecule has 2 aliphatic rings. The van der Waals surface area contributed by atoms with Gasteiger partial charge in [-0.1, -0.05) is 48.6 Å². The van der Waals surface area contributed by atoms with E-state index in [2.05, 4.69) is 46.6 Å². The van der Waals surface area contributed by atoms with Crippen LogP contribution in [0.1, 0.15) is 34.3 Å². The van der Waals surface area contributed by atoms with Crippen LogP contribution in [-0.2, 0) is 12.8 Å². The first kappa shape index (κ1) is 15.9. The van der Waals surface area contributed by atoms with Gasteiger partial charge in [-0.2, -0.15) is 0 Å².